The first-order valence-corrected chi connectivity index (χ1v) is 7.82. The van der Waals surface area contributed by atoms with Gasteiger partial charge in [0.15, 0.2) is 6.61 Å². The van der Waals surface area contributed by atoms with Gasteiger partial charge in [0, 0.05) is 11.6 Å². The molecule has 0 saturated carbocycles. The van der Waals surface area contributed by atoms with Crippen molar-refractivity contribution in [2.75, 3.05) is 0 Å². The van der Waals surface area contributed by atoms with Gasteiger partial charge >= 0.3 is 12.1 Å². The summed E-state index contributed by atoms with van der Waals surface area (Å²) in [6, 6.07) is 13.7. The second-order valence-corrected chi connectivity index (χ2v) is 5.43. The predicted octanol–water partition coefficient (Wildman–Crippen LogP) is 4.51. The van der Waals surface area contributed by atoms with Gasteiger partial charge in [-0.25, -0.2) is 4.79 Å². The maximum Gasteiger partial charge on any atom is 0.416 e. The summed E-state index contributed by atoms with van der Waals surface area (Å²) in [6.07, 6.45) is -2.18. The van der Waals surface area contributed by atoms with Crippen molar-refractivity contribution in [3.8, 4) is 11.5 Å². The van der Waals surface area contributed by atoms with E-state index < -0.39 is 17.7 Å². The lowest BCUT2D eigenvalue weighted by molar-refractivity contribution is -0.139. The van der Waals surface area contributed by atoms with Gasteiger partial charge in [0.1, 0.15) is 0 Å². The van der Waals surface area contributed by atoms with Crippen LogP contribution in [-0.4, -0.2) is 16.2 Å². The molecule has 3 aromatic rings. The second kappa shape index (κ2) is 7.86. The smallest absolute Gasteiger partial charge is 0.416 e. The minimum Gasteiger partial charge on any atom is -0.452 e. The number of halogens is 3. The van der Waals surface area contributed by atoms with E-state index in [2.05, 4.69) is 10.2 Å². The Morgan fingerprint density at radius 1 is 1.07 bits per heavy atom. The SMILES string of the molecule is O=C(C=Cc1cccc(C(F)(F)F)c1)OCc1nnc(-c2ccccc2)o1. The average molecular weight is 374 g/mol. The van der Waals surface area contributed by atoms with E-state index in [0.29, 0.717) is 5.89 Å². The minimum atomic E-state index is -4.45. The molecule has 2 aromatic carbocycles. The number of carbonyl (C=O) groups is 1. The molecule has 27 heavy (non-hydrogen) atoms. The fourth-order valence-corrected chi connectivity index (χ4v) is 2.17. The Morgan fingerprint density at radius 3 is 2.59 bits per heavy atom. The Balaban J connectivity index is 1.57. The fraction of sp³-hybridized carbons (Fsp3) is 0.105. The maximum absolute atomic E-state index is 12.7. The van der Waals surface area contributed by atoms with Crippen molar-refractivity contribution in [3.63, 3.8) is 0 Å². The molecule has 0 fully saturated rings. The molecular formula is C19H13F3N2O3. The maximum atomic E-state index is 12.7. The van der Waals surface area contributed by atoms with Crippen LogP contribution >= 0.6 is 0 Å². The zero-order valence-electron chi connectivity index (χ0n) is 13.8. The lowest BCUT2D eigenvalue weighted by Crippen LogP contribution is -2.04. The van der Waals surface area contributed by atoms with E-state index in [0.717, 1.165) is 23.8 Å². The quantitative estimate of drug-likeness (QED) is 0.486. The number of carbonyl (C=O) groups excluding carboxylic acids is 1. The number of hydrogen-bond acceptors (Lipinski definition) is 5. The molecule has 0 amide bonds. The Kier molecular flexibility index (Phi) is 5.35. The largest absolute Gasteiger partial charge is 0.452 e. The average Bonchev–Trinajstić information content (AvgIpc) is 3.14. The third-order valence-corrected chi connectivity index (χ3v) is 3.45. The van der Waals surface area contributed by atoms with Crippen molar-refractivity contribution < 1.29 is 27.1 Å². The van der Waals surface area contributed by atoms with Crippen LogP contribution in [0.1, 0.15) is 17.0 Å². The number of ether oxygens (including phenoxy) is 1. The summed E-state index contributed by atoms with van der Waals surface area (Å²) in [7, 11) is 0. The first-order valence-electron chi connectivity index (χ1n) is 7.82. The van der Waals surface area contributed by atoms with Gasteiger partial charge in [-0.1, -0.05) is 30.3 Å². The van der Waals surface area contributed by atoms with E-state index in [1.807, 2.05) is 18.2 Å². The number of aromatic nitrogens is 2. The number of rotatable bonds is 5. The van der Waals surface area contributed by atoms with Crippen LogP contribution in [-0.2, 0) is 22.3 Å². The van der Waals surface area contributed by atoms with Gasteiger partial charge in [0.25, 0.3) is 5.89 Å². The summed E-state index contributed by atoms with van der Waals surface area (Å²) in [6.45, 7) is -0.244. The van der Waals surface area contributed by atoms with Gasteiger partial charge in [-0.3, -0.25) is 0 Å². The molecule has 0 N–H and O–H groups in total. The highest BCUT2D eigenvalue weighted by molar-refractivity contribution is 5.87. The Bertz CT molecular complexity index is 950. The topological polar surface area (TPSA) is 65.2 Å². The molecule has 0 unspecified atom stereocenters. The summed E-state index contributed by atoms with van der Waals surface area (Å²) in [5.74, 6) is -0.345. The molecule has 1 heterocycles. The Labute approximate surface area is 152 Å². The number of esters is 1. The summed E-state index contributed by atoms with van der Waals surface area (Å²) in [5, 5.41) is 7.64. The standard InChI is InChI=1S/C19H13F3N2O3/c20-19(21,22)15-8-4-5-13(11-15)9-10-17(25)26-12-16-23-24-18(27-16)14-6-2-1-3-7-14/h1-11H,12H2. The van der Waals surface area contributed by atoms with E-state index in [-0.39, 0.29) is 18.1 Å². The Morgan fingerprint density at radius 2 is 1.85 bits per heavy atom. The molecule has 3 rings (SSSR count). The molecular weight excluding hydrogens is 361 g/mol. The van der Waals surface area contributed by atoms with Gasteiger partial charge < -0.3 is 9.15 Å². The molecule has 8 heteroatoms. The molecule has 138 valence electrons. The molecule has 0 spiro atoms. The normalized spacial score (nSPS) is 11.7. The first kappa shape index (κ1) is 18.4. The summed E-state index contributed by atoms with van der Waals surface area (Å²) in [4.78, 5) is 11.7. The van der Waals surface area contributed by atoms with E-state index in [9.17, 15) is 18.0 Å². The molecule has 0 atom stereocenters. The van der Waals surface area contributed by atoms with Gasteiger partial charge in [0.2, 0.25) is 5.89 Å². The Hall–Kier alpha value is -3.42. The van der Waals surface area contributed by atoms with Crippen LogP contribution in [0.3, 0.4) is 0 Å². The number of hydrogen-bond donors (Lipinski definition) is 0. The van der Waals surface area contributed by atoms with Gasteiger partial charge in [-0.05, 0) is 35.9 Å². The lowest BCUT2D eigenvalue weighted by atomic mass is 10.1. The van der Waals surface area contributed by atoms with E-state index in [1.54, 1.807) is 12.1 Å². The van der Waals surface area contributed by atoms with Crippen molar-refractivity contribution in [2.45, 2.75) is 12.8 Å². The van der Waals surface area contributed by atoms with Crippen molar-refractivity contribution in [2.24, 2.45) is 0 Å². The van der Waals surface area contributed by atoms with Crippen LogP contribution in [0.4, 0.5) is 13.2 Å². The molecule has 0 aliphatic heterocycles. The number of nitrogens with zero attached hydrogens (tertiary/aromatic N) is 2. The minimum absolute atomic E-state index is 0.106. The van der Waals surface area contributed by atoms with Crippen LogP contribution in [0.15, 0.2) is 65.1 Å². The molecule has 0 aliphatic rings. The van der Waals surface area contributed by atoms with E-state index in [1.165, 1.54) is 18.2 Å². The zero-order valence-corrected chi connectivity index (χ0v) is 13.8. The molecule has 0 saturated heterocycles. The molecule has 5 nitrogen and oxygen atoms in total. The van der Waals surface area contributed by atoms with Crippen molar-refractivity contribution in [1.29, 1.82) is 0 Å². The summed E-state index contributed by atoms with van der Waals surface area (Å²) >= 11 is 0. The molecule has 0 aliphatic carbocycles. The van der Waals surface area contributed by atoms with E-state index >= 15 is 0 Å². The van der Waals surface area contributed by atoms with Crippen LogP contribution in [0, 0.1) is 0 Å². The molecule has 1 aromatic heterocycles. The number of benzene rings is 2. The summed E-state index contributed by atoms with van der Waals surface area (Å²) in [5.41, 5.74) is 0.162. The van der Waals surface area contributed by atoms with Crippen molar-refractivity contribution in [3.05, 3.63) is 77.7 Å². The van der Waals surface area contributed by atoms with Crippen LogP contribution in [0.2, 0.25) is 0 Å². The van der Waals surface area contributed by atoms with Crippen LogP contribution in [0.25, 0.3) is 17.5 Å². The molecule has 0 radical (unpaired) electrons. The van der Waals surface area contributed by atoms with Crippen molar-refractivity contribution >= 4 is 12.0 Å². The first-order chi connectivity index (χ1) is 12.9. The third kappa shape index (κ3) is 5.04. The van der Waals surface area contributed by atoms with Gasteiger partial charge in [-0.2, -0.15) is 13.2 Å². The monoisotopic (exact) mass is 374 g/mol. The summed E-state index contributed by atoms with van der Waals surface area (Å²) < 4.78 is 48.3. The highest BCUT2D eigenvalue weighted by atomic mass is 19.4. The number of alkyl halides is 3. The van der Waals surface area contributed by atoms with Crippen LogP contribution in [0.5, 0.6) is 0 Å². The van der Waals surface area contributed by atoms with E-state index in [4.69, 9.17) is 9.15 Å². The highest BCUT2D eigenvalue weighted by Crippen LogP contribution is 2.29. The molecule has 0 bridgehead atoms. The predicted molar refractivity (Wildman–Crippen MR) is 90.0 cm³/mol. The third-order valence-electron chi connectivity index (χ3n) is 3.45. The fourth-order valence-electron chi connectivity index (χ4n) is 2.17. The van der Waals surface area contributed by atoms with Gasteiger partial charge in [-0.15, -0.1) is 10.2 Å². The van der Waals surface area contributed by atoms with Crippen molar-refractivity contribution in [1.82, 2.24) is 10.2 Å². The lowest BCUT2D eigenvalue weighted by Gasteiger charge is -2.06. The second-order valence-electron chi connectivity index (χ2n) is 5.43. The zero-order chi connectivity index (χ0) is 19.3. The van der Waals surface area contributed by atoms with Crippen LogP contribution < -0.4 is 0 Å². The van der Waals surface area contributed by atoms with Gasteiger partial charge in [0.05, 0.1) is 5.56 Å². The highest BCUT2D eigenvalue weighted by Gasteiger charge is 2.30.